The molecule has 1 rings (SSSR count). The Balaban J connectivity index is 2.80. The first-order chi connectivity index (χ1) is 7.52. The maximum atomic E-state index is 8.93. The molecule has 3 heteroatoms. The molecule has 0 bridgehead atoms. The largest absolute Gasteiger partial charge is 0.474 e. The van der Waals surface area contributed by atoms with Crippen LogP contribution in [0.5, 0.6) is 5.88 Å². The molecule has 0 aliphatic heterocycles. The van der Waals surface area contributed by atoms with Crippen molar-refractivity contribution in [3.63, 3.8) is 0 Å². The number of ether oxygens (including phenoxy) is 1. The van der Waals surface area contributed by atoms with E-state index in [1.165, 1.54) is 0 Å². The van der Waals surface area contributed by atoms with Crippen LogP contribution in [0.4, 0.5) is 0 Å². The van der Waals surface area contributed by atoms with E-state index >= 15 is 0 Å². The summed E-state index contributed by atoms with van der Waals surface area (Å²) in [6.07, 6.45) is 1.04. The van der Waals surface area contributed by atoms with Crippen molar-refractivity contribution in [3.05, 3.63) is 23.4 Å². The van der Waals surface area contributed by atoms with E-state index in [0.717, 1.165) is 12.1 Å². The van der Waals surface area contributed by atoms with E-state index in [4.69, 9.17) is 10.00 Å². The Kier molecular flexibility index (Phi) is 4.30. The zero-order chi connectivity index (χ0) is 12.1. The van der Waals surface area contributed by atoms with E-state index in [2.05, 4.69) is 24.9 Å². The van der Waals surface area contributed by atoms with E-state index in [1.807, 2.05) is 19.9 Å². The van der Waals surface area contributed by atoms with Gasteiger partial charge in [-0.1, -0.05) is 13.8 Å². The summed E-state index contributed by atoms with van der Waals surface area (Å²) < 4.78 is 5.69. The Morgan fingerprint density at radius 2 is 2.06 bits per heavy atom. The minimum Gasteiger partial charge on any atom is -0.474 e. The van der Waals surface area contributed by atoms with Gasteiger partial charge in [0, 0.05) is 5.69 Å². The molecular weight excluding hydrogens is 200 g/mol. The van der Waals surface area contributed by atoms with Gasteiger partial charge >= 0.3 is 0 Å². The smallest absolute Gasteiger partial charge is 0.232 e. The van der Waals surface area contributed by atoms with Gasteiger partial charge in [-0.15, -0.1) is 0 Å². The van der Waals surface area contributed by atoms with Gasteiger partial charge in [0.25, 0.3) is 0 Å². The third-order valence-electron chi connectivity index (χ3n) is 2.24. The molecule has 0 aliphatic carbocycles. The number of pyridine rings is 1. The van der Waals surface area contributed by atoms with Crippen LogP contribution in [-0.4, -0.2) is 11.1 Å². The van der Waals surface area contributed by atoms with Crippen molar-refractivity contribution in [3.8, 4) is 11.9 Å². The standard InChI is InChI=1S/C13H18N2O/c1-9(2)7-11(4)16-13-12(8-14)6-5-10(3)15-13/h5-6,9,11H,7H2,1-4H3. The second-order valence-corrected chi connectivity index (χ2v) is 4.48. The van der Waals surface area contributed by atoms with Crippen molar-refractivity contribution in [2.75, 3.05) is 0 Å². The first-order valence-corrected chi connectivity index (χ1v) is 5.57. The SMILES string of the molecule is Cc1ccc(C#N)c(OC(C)CC(C)C)n1. The number of hydrogen-bond donors (Lipinski definition) is 0. The highest BCUT2D eigenvalue weighted by Crippen LogP contribution is 2.18. The maximum Gasteiger partial charge on any atom is 0.232 e. The second kappa shape index (κ2) is 5.50. The number of aromatic nitrogens is 1. The Morgan fingerprint density at radius 1 is 1.38 bits per heavy atom. The Labute approximate surface area is 97.1 Å². The highest BCUT2D eigenvalue weighted by molar-refractivity contribution is 5.38. The Bertz CT molecular complexity index is 393. The van der Waals surface area contributed by atoms with Crippen molar-refractivity contribution < 1.29 is 4.74 Å². The van der Waals surface area contributed by atoms with Crippen LogP contribution in [0.25, 0.3) is 0 Å². The van der Waals surface area contributed by atoms with E-state index in [-0.39, 0.29) is 6.10 Å². The lowest BCUT2D eigenvalue weighted by molar-refractivity contribution is 0.185. The third-order valence-corrected chi connectivity index (χ3v) is 2.24. The number of hydrogen-bond acceptors (Lipinski definition) is 3. The van der Waals surface area contributed by atoms with Crippen molar-refractivity contribution in [2.24, 2.45) is 5.92 Å². The van der Waals surface area contributed by atoms with E-state index in [1.54, 1.807) is 6.07 Å². The van der Waals surface area contributed by atoms with Gasteiger partial charge in [0.05, 0.1) is 6.10 Å². The maximum absolute atomic E-state index is 8.93. The van der Waals surface area contributed by atoms with Gasteiger partial charge < -0.3 is 4.74 Å². The molecule has 3 nitrogen and oxygen atoms in total. The first-order valence-electron chi connectivity index (χ1n) is 5.57. The monoisotopic (exact) mass is 218 g/mol. The molecule has 1 aromatic heterocycles. The number of aryl methyl sites for hydroxylation is 1. The molecule has 0 spiro atoms. The van der Waals surface area contributed by atoms with Gasteiger partial charge in [-0.3, -0.25) is 0 Å². The topological polar surface area (TPSA) is 45.9 Å². The molecular formula is C13H18N2O. The average molecular weight is 218 g/mol. The van der Waals surface area contributed by atoms with E-state index in [9.17, 15) is 0 Å². The number of nitrogens with zero attached hydrogens (tertiary/aromatic N) is 2. The molecule has 0 aromatic carbocycles. The van der Waals surface area contributed by atoms with Gasteiger partial charge in [-0.25, -0.2) is 4.98 Å². The van der Waals surface area contributed by atoms with Gasteiger partial charge in [0.1, 0.15) is 11.6 Å². The Hall–Kier alpha value is -1.56. The van der Waals surface area contributed by atoms with Crippen LogP contribution in [0.2, 0.25) is 0 Å². The van der Waals surface area contributed by atoms with Gasteiger partial charge in [-0.05, 0) is 38.3 Å². The zero-order valence-electron chi connectivity index (χ0n) is 10.3. The van der Waals surface area contributed by atoms with Crippen molar-refractivity contribution in [1.82, 2.24) is 4.98 Å². The predicted molar refractivity (Wildman–Crippen MR) is 63.2 cm³/mol. The van der Waals surface area contributed by atoms with Crippen molar-refractivity contribution in [1.29, 1.82) is 5.26 Å². The van der Waals surface area contributed by atoms with Crippen LogP contribution in [0.1, 0.15) is 38.4 Å². The lowest BCUT2D eigenvalue weighted by Gasteiger charge is -2.16. The summed E-state index contributed by atoms with van der Waals surface area (Å²) in [6.45, 7) is 8.19. The molecule has 86 valence electrons. The third kappa shape index (κ3) is 3.54. The van der Waals surface area contributed by atoms with E-state index < -0.39 is 0 Å². The normalized spacial score (nSPS) is 12.2. The summed E-state index contributed by atoms with van der Waals surface area (Å²) in [7, 11) is 0. The summed E-state index contributed by atoms with van der Waals surface area (Å²) in [5.74, 6) is 1.03. The van der Waals surface area contributed by atoms with Crippen LogP contribution in [0, 0.1) is 24.2 Å². The lowest BCUT2D eigenvalue weighted by Crippen LogP contribution is -2.16. The quantitative estimate of drug-likeness (QED) is 0.780. The summed E-state index contributed by atoms with van der Waals surface area (Å²) >= 11 is 0. The van der Waals surface area contributed by atoms with Crippen LogP contribution in [0.15, 0.2) is 12.1 Å². The van der Waals surface area contributed by atoms with Gasteiger partial charge in [0.15, 0.2) is 0 Å². The molecule has 0 saturated heterocycles. The molecule has 1 unspecified atom stereocenters. The van der Waals surface area contributed by atoms with Gasteiger partial charge in [-0.2, -0.15) is 5.26 Å². The highest BCUT2D eigenvalue weighted by atomic mass is 16.5. The molecule has 0 N–H and O–H groups in total. The Morgan fingerprint density at radius 3 is 2.62 bits per heavy atom. The minimum absolute atomic E-state index is 0.0846. The molecule has 0 saturated carbocycles. The summed E-state index contributed by atoms with van der Waals surface area (Å²) in [5.41, 5.74) is 1.37. The van der Waals surface area contributed by atoms with Crippen LogP contribution in [-0.2, 0) is 0 Å². The molecule has 1 heterocycles. The molecule has 0 amide bonds. The van der Waals surface area contributed by atoms with Gasteiger partial charge in [0.2, 0.25) is 5.88 Å². The molecule has 0 fully saturated rings. The van der Waals surface area contributed by atoms with Crippen LogP contribution >= 0.6 is 0 Å². The number of nitriles is 1. The lowest BCUT2D eigenvalue weighted by atomic mass is 10.1. The molecule has 0 aliphatic rings. The molecule has 1 aromatic rings. The average Bonchev–Trinajstić information content (AvgIpc) is 2.16. The predicted octanol–water partition coefficient (Wildman–Crippen LogP) is 3.08. The summed E-state index contributed by atoms with van der Waals surface area (Å²) in [4.78, 5) is 4.25. The summed E-state index contributed by atoms with van der Waals surface area (Å²) in [6, 6.07) is 5.66. The van der Waals surface area contributed by atoms with E-state index in [0.29, 0.717) is 17.4 Å². The van der Waals surface area contributed by atoms with Crippen LogP contribution in [0.3, 0.4) is 0 Å². The second-order valence-electron chi connectivity index (χ2n) is 4.48. The van der Waals surface area contributed by atoms with Crippen LogP contribution < -0.4 is 4.74 Å². The van der Waals surface area contributed by atoms with Crippen molar-refractivity contribution in [2.45, 2.75) is 40.2 Å². The number of rotatable bonds is 4. The fourth-order valence-electron chi connectivity index (χ4n) is 1.61. The summed E-state index contributed by atoms with van der Waals surface area (Å²) in [5, 5.41) is 8.93. The molecule has 0 radical (unpaired) electrons. The molecule has 1 atom stereocenters. The fraction of sp³-hybridized carbons (Fsp3) is 0.538. The fourth-order valence-corrected chi connectivity index (χ4v) is 1.61. The zero-order valence-corrected chi connectivity index (χ0v) is 10.3. The first kappa shape index (κ1) is 12.5. The molecule has 16 heavy (non-hydrogen) atoms. The highest BCUT2D eigenvalue weighted by Gasteiger charge is 2.11. The minimum atomic E-state index is 0.0846. The van der Waals surface area contributed by atoms with Crippen molar-refractivity contribution >= 4 is 0 Å².